The predicted octanol–water partition coefficient (Wildman–Crippen LogP) is -0.462. The summed E-state index contributed by atoms with van der Waals surface area (Å²) in [4.78, 5) is 10.2. The smallest absolute Gasteiger partial charge is 0.337 e. The molecule has 0 fully saturated rings. The number of aryl methyl sites for hydroxylation is 1. The molecular weight excluding hydrogens is 148 g/mol. The number of nitrogens with zero attached hydrogens (tertiary/aromatic N) is 2. The molecule has 0 aromatic carbocycles. The van der Waals surface area contributed by atoms with Crippen molar-refractivity contribution >= 4 is 5.97 Å². The van der Waals surface area contributed by atoms with E-state index in [9.17, 15) is 4.79 Å². The third-order valence-corrected chi connectivity index (χ3v) is 1.27. The van der Waals surface area contributed by atoms with Crippen molar-refractivity contribution in [2.24, 2.45) is 7.05 Å². The Balaban J connectivity index is 2.84. The maximum Gasteiger partial charge on any atom is 0.337 e. The summed E-state index contributed by atoms with van der Waals surface area (Å²) in [6.45, 7) is 0. The van der Waals surface area contributed by atoms with Gasteiger partial charge < -0.3 is 10.2 Å². The van der Waals surface area contributed by atoms with E-state index in [1.54, 1.807) is 7.05 Å². The normalized spacial score (nSPS) is 12.9. The van der Waals surface area contributed by atoms with Crippen LogP contribution in [-0.4, -0.2) is 26.0 Å². The molecule has 0 aliphatic rings. The van der Waals surface area contributed by atoms with Crippen LogP contribution in [0.15, 0.2) is 12.4 Å². The van der Waals surface area contributed by atoms with E-state index in [0.29, 0.717) is 5.56 Å². The summed E-state index contributed by atoms with van der Waals surface area (Å²) in [7, 11) is 1.65. The molecule has 0 bridgehead atoms. The lowest BCUT2D eigenvalue weighted by Gasteiger charge is -1.98. The number of aliphatic carboxylic acids is 1. The molecule has 11 heavy (non-hydrogen) atoms. The quantitative estimate of drug-likeness (QED) is 0.607. The lowest BCUT2D eigenvalue weighted by atomic mass is 10.2. The lowest BCUT2D eigenvalue weighted by molar-refractivity contribution is -0.146. The van der Waals surface area contributed by atoms with Crippen LogP contribution in [0.25, 0.3) is 0 Å². The highest BCUT2D eigenvalue weighted by atomic mass is 16.4. The molecular formula is C6H8N2O3. The summed E-state index contributed by atoms with van der Waals surface area (Å²) in [5, 5.41) is 21.0. The number of hydrogen-bond donors (Lipinski definition) is 2. The van der Waals surface area contributed by atoms with Crippen molar-refractivity contribution in [2.75, 3.05) is 0 Å². The van der Waals surface area contributed by atoms with E-state index in [1.807, 2.05) is 0 Å². The fourth-order valence-corrected chi connectivity index (χ4v) is 0.724. The van der Waals surface area contributed by atoms with Crippen LogP contribution in [0.4, 0.5) is 0 Å². The Kier molecular flexibility index (Phi) is 1.91. The van der Waals surface area contributed by atoms with Gasteiger partial charge in [0.05, 0.1) is 6.20 Å². The average molecular weight is 156 g/mol. The van der Waals surface area contributed by atoms with E-state index in [-0.39, 0.29) is 0 Å². The standard InChI is InChI=1S/C6H8N2O3/c1-8-3-4(2-7-8)5(9)6(10)11/h2-3,5,9H,1H3,(H,10,11)/t5-/m1/s1. The molecule has 0 spiro atoms. The number of aliphatic hydroxyl groups is 1. The summed E-state index contributed by atoms with van der Waals surface area (Å²) in [6, 6.07) is 0. The molecule has 60 valence electrons. The van der Waals surface area contributed by atoms with Crippen LogP contribution in [0.1, 0.15) is 11.7 Å². The van der Waals surface area contributed by atoms with Crippen molar-refractivity contribution in [2.45, 2.75) is 6.10 Å². The Bertz CT molecular complexity index is 269. The first-order valence-corrected chi connectivity index (χ1v) is 3.00. The molecule has 1 heterocycles. The Morgan fingerprint density at radius 3 is 2.82 bits per heavy atom. The Morgan fingerprint density at radius 1 is 1.82 bits per heavy atom. The zero-order valence-corrected chi connectivity index (χ0v) is 5.93. The van der Waals surface area contributed by atoms with Gasteiger partial charge >= 0.3 is 5.97 Å². The number of carbonyl (C=O) groups is 1. The Morgan fingerprint density at radius 2 is 2.45 bits per heavy atom. The maximum absolute atomic E-state index is 10.2. The number of rotatable bonds is 2. The number of carboxylic acids is 1. The van der Waals surface area contributed by atoms with Crippen LogP contribution in [0.3, 0.4) is 0 Å². The van der Waals surface area contributed by atoms with Gasteiger partial charge in [0, 0.05) is 18.8 Å². The van der Waals surface area contributed by atoms with E-state index in [1.165, 1.54) is 17.1 Å². The van der Waals surface area contributed by atoms with E-state index in [2.05, 4.69) is 5.10 Å². The number of hydrogen-bond acceptors (Lipinski definition) is 3. The van der Waals surface area contributed by atoms with Crippen molar-refractivity contribution < 1.29 is 15.0 Å². The summed E-state index contributed by atoms with van der Waals surface area (Å²) < 4.78 is 1.43. The average Bonchev–Trinajstić information content (AvgIpc) is 2.34. The van der Waals surface area contributed by atoms with Crippen LogP contribution in [0, 0.1) is 0 Å². The van der Waals surface area contributed by atoms with Crippen molar-refractivity contribution in [1.82, 2.24) is 9.78 Å². The zero-order chi connectivity index (χ0) is 8.43. The van der Waals surface area contributed by atoms with Gasteiger partial charge in [-0.2, -0.15) is 5.10 Å². The molecule has 0 aliphatic heterocycles. The highest BCUT2D eigenvalue weighted by Crippen LogP contribution is 2.10. The monoisotopic (exact) mass is 156 g/mol. The highest BCUT2D eigenvalue weighted by Gasteiger charge is 2.16. The van der Waals surface area contributed by atoms with Gasteiger partial charge in [0.2, 0.25) is 0 Å². The van der Waals surface area contributed by atoms with Crippen molar-refractivity contribution in [3.05, 3.63) is 18.0 Å². The topological polar surface area (TPSA) is 75.4 Å². The van der Waals surface area contributed by atoms with Gasteiger partial charge in [0.25, 0.3) is 0 Å². The number of aliphatic hydroxyl groups excluding tert-OH is 1. The number of carboxylic acid groups (broad SMARTS) is 1. The van der Waals surface area contributed by atoms with E-state index >= 15 is 0 Å². The van der Waals surface area contributed by atoms with E-state index in [4.69, 9.17) is 10.2 Å². The first-order valence-electron chi connectivity index (χ1n) is 3.00. The molecule has 5 heteroatoms. The van der Waals surface area contributed by atoms with Gasteiger partial charge in [-0.25, -0.2) is 4.79 Å². The summed E-state index contributed by atoms with van der Waals surface area (Å²) >= 11 is 0. The van der Waals surface area contributed by atoms with Crippen LogP contribution in [-0.2, 0) is 11.8 Å². The fraction of sp³-hybridized carbons (Fsp3) is 0.333. The van der Waals surface area contributed by atoms with Crippen molar-refractivity contribution in [3.63, 3.8) is 0 Å². The minimum Gasteiger partial charge on any atom is -0.479 e. The molecule has 5 nitrogen and oxygen atoms in total. The second kappa shape index (κ2) is 2.71. The zero-order valence-electron chi connectivity index (χ0n) is 5.93. The molecule has 0 unspecified atom stereocenters. The van der Waals surface area contributed by atoms with Gasteiger partial charge in [-0.3, -0.25) is 4.68 Å². The van der Waals surface area contributed by atoms with Crippen LogP contribution >= 0.6 is 0 Å². The number of aromatic nitrogens is 2. The molecule has 2 N–H and O–H groups in total. The second-order valence-electron chi connectivity index (χ2n) is 2.19. The Labute approximate surface area is 62.9 Å². The predicted molar refractivity (Wildman–Crippen MR) is 35.8 cm³/mol. The fourth-order valence-electron chi connectivity index (χ4n) is 0.724. The Hall–Kier alpha value is -1.36. The molecule has 1 aromatic heterocycles. The van der Waals surface area contributed by atoms with Crippen LogP contribution < -0.4 is 0 Å². The summed E-state index contributed by atoms with van der Waals surface area (Å²) in [5.41, 5.74) is 0.292. The first-order chi connectivity index (χ1) is 5.11. The third kappa shape index (κ3) is 1.56. The molecule has 0 aliphatic carbocycles. The van der Waals surface area contributed by atoms with Gasteiger partial charge in [-0.05, 0) is 0 Å². The molecule has 0 radical (unpaired) electrons. The minimum atomic E-state index is -1.47. The van der Waals surface area contributed by atoms with Gasteiger partial charge in [-0.15, -0.1) is 0 Å². The largest absolute Gasteiger partial charge is 0.479 e. The SMILES string of the molecule is Cn1cc([C@@H](O)C(=O)O)cn1. The molecule has 0 saturated carbocycles. The van der Waals surface area contributed by atoms with Crippen LogP contribution in [0.2, 0.25) is 0 Å². The van der Waals surface area contributed by atoms with Crippen LogP contribution in [0.5, 0.6) is 0 Å². The minimum absolute atomic E-state index is 0.292. The molecule has 1 rings (SSSR count). The van der Waals surface area contributed by atoms with Gasteiger partial charge in [-0.1, -0.05) is 0 Å². The first kappa shape index (κ1) is 7.74. The van der Waals surface area contributed by atoms with Gasteiger partial charge in [0.1, 0.15) is 0 Å². The second-order valence-corrected chi connectivity index (χ2v) is 2.19. The summed E-state index contributed by atoms with van der Waals surface area (Å²) in [5.74, 6) is -1.27. The molecule has 1 atom stereocenters. The lowest BCUT2D eigenvalue weighted by Crippen LogP contribution is -2.09. The van der Waals surface area contributed by atoms with Crippen molar-refractivity contribution in [1.29, 1.82) is 0 Å². The molecule has 0 amide bonds. The van der Waals surface area contributed by atoms with Crippen molar-refractivity contribution in [3.8, 4) is 0 Å². The van der Waals surface area contributed by atoms with E-state index in [0.717, 1.165) is 0 Å². The molecule has 0 saturated heterocycles. The van der Waals surface area contributed by atoms with E-state index < -0.39 is 12.1 Å². The summed E-state index contributed by atoms with van der Waals surface area (Å²) in [6.07, 6.45) is 1.31. The van der Waals surface area contributed by atoms with Gasteiger partial charge in [0.15, 0.2) is 6.10 Å². The highest BCUT2D eigenvalue weighted by molar-refractivity contribution is 5.73. The third-order valence-electron chi connectivity index (χ3n) is 1.27. The maximum atomic E-state index is 10.2. The molecule has 1 aromatic rings.